The number of nitrogens with zero attached hydrogens (tertiary/aromatic N) is 1. The zero-order valence-electron chi connectivity index (χ0n) is 11.1. The van der Waals surface area contributed by atoms with Gasteiger partial charge in [-0.25, -0.2) is 8.42 Å². The highest BCUT2D eigenvalue weighted by Gasteiger charge is 2.35. The predicted molar refractivity (Wildman–Crippen MR) is 73.8 cm³/mol. The molecule has 18 heavy (non-hydrogen) atoms. The molecule has 1 aliphatic heterocycles. The minimum atomic E-state index is -3.20. The van der Waals surface area contributed by atoms with Crippen LogP contribution >= 0.6 is 0 Å². The van der Waals surface area contributed by atoms with Crippen molar-refractivity contribution in [3.63, 3.8) is 0 Å². The van der Waals surface area contributed by atoms with Crippen molar-refractivity contribution in [1.29, 1.82) is 0 Å². The minimum absolute atomic E-state index is 0.377. The number of fused-ring (bicyclic) bond motifs is 1. The number of hydrogen-bond acceptors (Lipinski definition) is 4. The van der Waals surface area contributed by atoms with Gasteiger partial charge in [0.05, 0.1) is 15.8 Å². The van der Waals surface area contributed by atoms with E-state index in [1.54, 1.807) is 13.0 Å². The molecule has 1 aliphatic rings. The van der Waals surface area contributed by atoms with E-state index < -0.39 is 9.84 Å². The van der Waals surface area contributed by atoms with E-state index in [-0.39, 0.29) is 5.25 Å². The van der Waals surface area contributed by atoms with Gasteiger partial charge in [-0.3, -0.25) is 0 Å². The van der Waals surface area contributed by atoms with Crippen LogP contribution in [0, 0.1) is 13.8 Å². The Morgan fingerprint density at radius 3 is 2.67 bits per heavy atom. The van der Waals surface area contributed by atoms with Crippen LogP contribution < -0.4 is 10.6 Å². The normalized spacial score (nSPS) is 21.8. The van der Waals surface area contributed by atoms with Crippen molar-refractivity contribution in [2.75, 3.05) is 24.5 Å². The van der Waals surface area contributed by atoms with Crippen LogP contribution in [0.3, 0.4) is 0 Å². The van der Waals surface area contributed by atoms with Gasteiger partial charge >= 0.3 is 0 Å². The molecule has 1 atom stereocenters. The summed E-state index contributed by atoms with van der Waals surface area (Å²) in [5, 5.41) is -0.377. The zero-order valence-corrected chi connectivity index (χ0v) is 11.9. The first-order chi connectivity index (χ1) is 8.37. The molecular formula is C13H20N2O2S. The standard InChI is InChI=1S/C13H20N2O2S/c1-9-6-10(2)13-12(7-9)18(16,17)11(3)8-15(13)5-4-14/h6-7,11H,4-5,8,14H2,1-3H3. The lowest BCUT2D eigenvalue weighted by Crippen LogP contribution is -2.43. The smallest absolute Gasteiger partial charge is 0.184 e. The molecule has 0 spiro atoms. The fourth-order valence-corrected chi connectivity index (χ4v) is 4.34. The summed E-state index contributed by atoms with van der Waals surface area (Å²) in [6, 6.07) is 3.80. The van der Waals surface area contributed by atoms with E-state index in [0.29, 0.717) is 24.5 Å². The number of aryl methyl sites for hydroxylation is 2. The summed E-state index contributed by atoms with van der Waals surface area (Å²) in [7, 11) is -3.20. The van der Waals surface area contributed by atoms with Crippen LogP contribution in [-0.2, 0) is 9.84 Å². The van der Waals surface area contributed by atoms with Gasteiger partial charge in [0.2, 0.25) is 0 Å². The molecule has 0 bridgehead atoms. The molecule has 1 heterocycles. The molecular weight excluding hydrogens is 248 g/mol. The van der Waals surface area contributed by atoms with E-state index in [9.17, 15) is 8.42 Å². The number of benzene rings is 1. The van der Waals surface area contributed by atoms with Gasteiger partial charge in [-0.05, 0) is 38.0 Å². The number of anilines is 1. The van der Waals surface area contributed by atoms with E-state index in [2.05, 4.69) is 4.90 Å². The third-order valence-electron chi connectivity index (χ3n) is 3.44. The summed E-state index contributed by atoms with van der Waals surface area (Å²) < 4.78 is 24.8. The Hall–Kier alpha value is -1.07. The lowest BCUT2D eigenvalue weighted by Gasteiger charge is -2.35. The molecule has 100 valence electrons. The Bertz CT molecular complexity index is 567. The topological polar surface area (TPSA) is 63.4 Å². The van der Waals surface area contributed by atoms with E-state index in [0.717, 1.165) is 16.8 Å². The molecule has 5 heteroatoms. The van der Waals surface area contributed by atoms with Crippen LogP contribution in [-0.4, -0.2) is 33.3 Å². The summed E-state index contributed by atoms with van der Waals surface area (Å²) in [5.74, 6) is 0. The molecule has 4 nitrogen and oxygen atoms in total. The van der Waals surface area contributed by atoms with Crippen LogP contribution in [0.4, 0.5) is 5.69 Å². The molecule has 0 aliphatic carbocycles. The fourth-order valence-electron chi connectivity index (χ4n) is 2.62. The van der Waals surface area contributed by atoms with Crippen molar-refractivity contribution in [2.24, 2.45) is 5.73 Å². The molecule has 0 saturated carbocycles. The first-order valence-electron chi connectivity index (χ1n) is 6.18. The van der Waals surface area contributed by atoms with Crippen molar-refractivity contribution in [3.8, 4) is 0 Å². The second-order valence-electron chi connectivity index (χ2n) is 5.02. The number of nitrogens with two attached hydrogens (primary N) is 1. The molecule has 0 aromatic heterocycles. The van der Waals surface area contributed by atoms with Gasteiger partial charge in [0, 0.05) is 19.6 Å². The summed E-state index contributed by atoms with van der Waals surface area (Å²) in [6.45, 7) is 7.39. The maximum absolute atomic E-state index is 12.4. The summed E-state index contributed by atoms with van der Waals surface area (Å²) >= 11 is 0. The summed E-state index contributed by atoms with van der Waals surface area (Å²) in [6.07, 6.45) is 0. The van der Waals surface area contributed by atoms with E-state index in [1.165, 1.54) is 0 Å². The molecule has 0 radical (unpaired) electrons. The van der Waals surface area contributed by atoms with Gasteiger partial charge in [0.1, 0.15) is 0 Å². The quantitative estimate of drug-likeness (QED) is 0.876. The molecule has 0 saturated heterocycles. The van der Waals surface area contributed by atoms with Crippen LogP contribution in [0.5, 0.6) is 0 Å². The molecule has 0 fully saturated rings. The summed E-state index contributed by atoms with van der Waals surface area (Å²) in [4.78, 5) is 2.56. The SMILES string of the molecule is Cc1cc(C)c2c(c1)S(=O)(=O)C(C)CN2CCN. The van der Waals surface area contributed by atoms with E-state index in [1.807, 2.05) is 19.9 Å². The number of hydrogen-bond donors (Lipinski definition) is 1. The van der Waals surface area contributed by atoms with Crippen molar-refractivity contribution in [1.82, 2.24) is 0 Å². The number of sulfone groups is 1. The van der Waals surface area contributed by atoms with Gasteiger partial charge in [-0.15, -0.1) is 0 Å². The second-order valence-corrected chi connectivity index (χ2v) is 7.35. The lowest BCUT2D eigenvalue weighted by atomic mass is 10.1. The van der Waals surface area contributed by atoms with E-state index >= 15 is 0 Å². The van der Waals surface area contributed by atoms with Crippen molar-refractivity contribution >= 4 is 15.5 Å². The highest BCUT2D eigenvalue weighted by molar-refractivity contribution is 7.92. The first kappa shape index (κ1) is 13.4. The molecule has 1 unspecified atom stereocenters. The maximum Gasteiger partial charge on any atom is 0.184 e. The van der Waals surface area contributed by atoms with Crippen LogP contribution in [0.2, 0.25) is 0 Å². The Balaban J connectivity index is 2.68. The Morgan fingerprint density at radius 2 is 2.06 bits per heavy atom. The molecule has 2 rings (SSSR count). The van der Waals surface area contributed by atoms with Crippen molar-refractivity contribution in [3.05, 3.63) is 23.3 Å². The van der Waals surface area contributed by atoms with Gasteiger partial charge in [-0.2, -0.15) is 0 Å². The fraction of sp³-hybridized carbons (Fsp3) is 0.538. The third kappa shape index (κ3) is 2.01. The lowest BCUT2D eigenvalue weighted by molar-refractivity contribution is 0.572. The third-order valence-corrected chi connectivity index (χ3v) is 5.57. The minimum Gasteiger partial charge on any atom is -0.368 e. The van der Waals surface area contributed by atoms with Crippen molar-refractivity contribution in [2.45, 2.75) is 30.9 Å². The molecule has 2 N–H and O–H groups in total. The van der Waals surface area contributed by atoms with Crippen LogP contribution in [0.15, 0.2) is 17.0 Å². The Morgan fingerprint density at radius 1 is 1.39 bits per heavy atom. The van der Waals surface area contributed by atoms with Gasteiger partial charge in [0.25, 0.3) is 0 Å². The average Bonchev–Trinajstić information content (AvgIpc) is 2.25. The van der Waals surface area contributed by atoms with Crippen LogP contribution in [0.1, 0.15) is 18.1 Å². The second kappa shape index (κ2) is 4.55. The Kier molecular flexibility index (Phi) is 3.38. The van der Waals surface area contributed by atoms with Crippen LogP contribution in [0.25, 0.3) is 0 Å². The van der Waals surface area contributed by atoms with E-state index in [4.69, 9.17) is 5.73 Å². The van der Waals surface area contributed by atoms with Crippen molar-refractivity contribution < 1.29 is 8.42 Å². The number of rotatable bonds is 2. The maximum atomic E-state index is 12.4. The molecule has 0 amide bonds. The highest BCUT2D eigenvalue weighted by atomic mass is 32.2. The molecule has 1 aromatic carbocycles. The van der Waals surface area contributed by atoms with Gasteiger partial charge in [-0.1, -0.05) is 6.07 Å². The largest absolute Gasteiger partial charge is 0.368 e. The highest BCUT2D eigenvalue weighted by Crippen LogP contribution is 2.36. The first-order valence-corrected chi connectivity index (χ1v) is 7.72. The van der Waals surface area contributed by atoms with Gasteiger partial charge in [0.15, 0.2) is 9.84 Å². The average molecular weight is 268 g/mol. The zero-order chi connectivity index (χ0) is 13.5. The predicted octanol–water partition coefficient (Wildman–Crippen LogP) is 1.24. The molecule has 1 aromatic rings. The van der Waals surface area contributed by atoms with Gasteiger partial charge < -0.3 is 10.6 Å². The monoisotopic (exact) mass is 268 g/mol. The summed E-state index contributed by atoms with van der Waals surface area (Å²) in [5.41, 5.74) is 8.45. The Labute approximate surface area is 109 Å².